The summed E-state index contributed by atoms with van der Waals surface area (Å²) in [4.78, 5) is 14.4. The summed E-state index contributed by atoms with van der Waals surface area (Å²) in [7, 11) is 1.85. The van der Waals surface area contributed by atoms with Gasteiger partial charge in [-0.3, -0.25) is 4.79 Å². The molecular weight excluding hydrogens is 270 g/mol. The maximum Gasteiger partial charge on any atom is 0.253 e. The van der Waals surface area contributed by atoms with Gasteiger partial charge in [-0.2, -0.15) is 0 Å². The fourth-order valence-corrected chi connectivity index (χ4v) is 2.92. The molecule has 0 aromatic heterocycles. The van der Waals surface area contributed by atoms with Crippen LogP contribution >= 0.6 is 0 Å². The molecule has 0 unspecified atom stereocenters. The molecule has 1 aromatic carbocycles. The third kappa shape index (κ3) is 2.97. The Morgan fingerprint density at radius 2 is 1.95 bits per heavy atom. The van der Waals surface area contributed by atoms with Crippen LogP contribution in [0.25, 0.3) is 0 Å². The van der Waals surface area contributed by atoms with Gasteiger partial charge in [0.25, 0.3) is 5.91 Å². The molecule has 1 aromatic rings. The Kier molecular flexibility index (Phi) is 3.76. The maximum atomic E-state index is 12.6. The first-order chi connectivity index (χ1) is 10.1. The highest BCUT2D eigenvalue weighted by atomic mass is 16.7. The zero-order valence-corrected chi connectivity index (χ0v) is 12.6. The molecule has 0 atom stereocenters. The highest BCUT2D eigenvalue weighted by molar-refractivity contribution is 5.94. The van der Waals surface area contributed by atoms with Gasteiger partial charge in [0.15, 0.2) is 11.5 Å². The third-order valence-corrected chi connectivity index (χ3v) is 4.29. The van der Waals surface area contributed by atoms with Crippen LogP contribution in [0.1, 0.15) is 30.1 Å². The first kappa shape index (κ1) is 14.2. The predicted octanol–water partition coefficient (Wildman–Crippen LogP) is 2.30. The Labute approximate surface area is 124 Å². The topological polar surface area (TPSA) is 48.0 Å². The minimum Gasteiger partial charge on any atom is -0.454 e. The van der Waals surface area contributed by atoms with E-state index in [1.807, 2.05) is 7.05 Å². The van der Waals surface area contributed by atoms with E-state index in [1.54, 1.807) is 23.1 Å². The second-order valence-corrected chi connectivity index (χ2v) is 6.15. The lowest BCUT2D eigenvalue weighted by atomic mass is 9.82. The van der Waals surface area contributed by atoms with Crippen LogP contribution in [0.2, 0.25) is 0 Å². The Morgan fingerprint density at radius 3 is 2.71 bits per heavy atom. The summed E-state index contributed by atoms with van der Waals surface area (Å²) in [6, 6.07) is 5.34. The van der Waals surface area contributed by atoms with Gasteiger partial charge in [-0.1, -0.05) is 6.92 Å². The lowest BCUT2D eigenvalue weighted by Crippen LogP contribution is -2.40. The van der Waals surface area contributed by atoms with Gasteiger partial charge in [0.2, 0.25) is 6.79 Å². The van der Waals surface area contributed by atoms with Gasteiger partial charge in [-0.25, -0.2) is 0 Å². The van der Waals surface area contributed by atoms with Crippen LogP contribution < -0.4 is 9.47 Å². The third-order valence-electron chi connectivity index (χ3n) is 4.29. The van der Waals surface area contributed by atoms with E-state index in [9.17, 15) is 4.79 Å². The van der Waals surface area contributed by atoms with Crippen molar-refractivity contribution in [2.24, 2.45) is 5.41 Å². The molecule has 0 radical (unpaired) electrons. The van der Waals surface area contributed by atoms with Crippen molar-refractivity contribution in [2.45, 2.75) is 19.8 Å². The molecule has 1 amide bonds. The number of hydrogen-bond acceptors (Lipinski definition) is 4. The molecule has 0 aliphatic carbocycles. The van der Waals surface area contributed by atoms with Crippen molar-refractivity contribution in [3.63, 3.8) is 0 Å². The van der Waals surface area contributed by atoms with Gasteiger partial charge in [0, 0.05) is 32.4 Å². The number of rotatable bonds is 3. The van der Waals surface area contributed by atoms with Crippen LogP contribution in [0.3, 0.4) is 0 Å². The van der Waals surface area contributed by atoms with Crippen LogP contribution in [-0.2, 0) is 4.74 Å². The first-order valence-electron chi connectivity index (χ1n) is 7.30. The Hall–Kier alpha value is -1.75. The van der Waals surface area contributed by atoms with Crippen LogP contribution in [0.4, 0.5) is 0 Å². The molecule has 1 saturated heterocycles. The summed E-state index contributed by atoms with van der Waals surface area (Å²) in [5, 5.41) is 0. The minimum absolute atomic E-state index is 0.0148. The van der Waals surface area contributed by atoms with Crippen molar-refractivity contribution in [3.8, 4) is 11.5 Å². The number of fused-ring (bicyclic) bond motifs is 1. The van der Waals surface area contributed by atoms with Gasteiger partial charge < -0.3 is 19.1 Å². The van der Waals surface area contributed by atoms with E-state index >= 15 is 0 Å². The van der Waals surface area contributed by atoms with Gasteiger partial charge >= 0.3 is 0 Å². The number of hydrogen-bond donors (Lipinski definition) is 0. The zero-order valence-electron chi connectivity index (χ0n) is 12.6. The molecular formula is C16H21NO4. The summed E-state index contributed by atoms with van der Waals surface area (Å²) in [5.74, 6) is 1.36. The Balaban J connectivity index is 1.69. The van der Waals surface area contributed by atoms with Crippen molar-refractivity contribution in [3.05, 3.63) is 23.8 Å². The van der Waals surface area contributed by atoms with E-state index in [1.165, 1.54) is 0 Å². The average molecular weight is 291 g/mol. The van der Waals surface area contributed by atoms with Crippen LogP contribution in [-0.4, -0.2) is 44.4 Å². The molecule has 5 nitrogen and oxygen atoms in total. The molecule has 2 aliphatic rings. The molecule has 114 valence electrons. The van der Waals surface area contributed by atoms with Crippen LogP contribution in [0.15, 0.2) is 18.2 Å². The van der Waals surface area contributed by atoms with E-state index in [0.717, 1.165) is 32.6 Å². The van der Waals surface area contributed by atoms with E-state index in [4.69, 9.17) is 14.2 Å². The second kappa shape index (κ2) is 5.56. The SMILES string of the molecule is CN(CC1(C)CCOCC1)C(=O)c1ccc2c(c1)OCO2. The van der Waals surface area contributed by atoms with E-state index < -0.39 is 0 Å². The second-order valence-electron chi connectivity index (χ2n) is 6.15. The summed E-state index contributed by atoms with van der Waals surface area (Å²) in [6.45, 7) is 4.74. The van der Waals surface area contributed by atoms with E-state index in [0.29, 0.717) is 17.1 Å². The van der Waals surface area contributed by atoms with Crippen LogP contribution in [0, 0.1) is 5.41 Å². The molecule has 1 fully saturated rings. The lowest BCUT2D eigenvalue weighted by molar-refractivity contribution is 0.00917. The van der Waals surface area contributed by atoms with Crippen molar-refractivity contribution in [2.75, 3.05) is 33.6 Å². The largest absolute Gasteiger partial charge is 0.454 e. The van der Waals surface area contributed by atoms with Crippen molar-refractivity contribution in [1.29, 1.82) is 0 Å². The van der Waals surface area contributed by atoms with Crippen molar-refractivity contribution < 1.29 is 19.0 Å². The monoisotopic (exact) mass is 291 g/mol. The number of carbonyl (C=O) groups excluding carboxylic acids is 1. The number of carbonyl (C=O) groups is 1. The van der Waals surface area contributed by atoms with Crippen molar-refractivity contribution in [1.82, 2.24) is 4.90 Å². The Bertz CT molecular complexity index is 537. The predicted molar refractivity (Wildman–Crippen MR) is 77.7 cm³/mol. The van der Waals surface area contributed by atoms with Gasteiger partial charge in [-0.05, 0) is 36.5 Å². The van der Waals surface area contributed by atoms with E-state index in [-0.39, 0.29) is 18.1 Å². The summed E-state index contributed by atoms with van der Waals surface area (Å²) in [5.41, 5.74) is 0.774. The molecule has 2 heterocycles. The minimum atomic E-state index is 0.0148. The standard InChI is InChI=1S/C16H21NO4/c1-16(5-7-19-8-6-16)10-17(2)15(18)12-3-4-13-14(9-12)21-11-20-13/h3-4,9H,5-8,10-11H2,1-2H3. The number of amides is 1. The Morgan fingerprint density at radius 1 is 1.24 bits per heavy atom. The molecule has 5 heteroatoms. The smallest absolute Gasteiger partial charge is 0.253 e. The number of benzene rings is 1. The quantitative estimate of drug-likeness (QED) is 0.857. The average Bonchev–Trinajstić information content (AvgIpc) is 2.94. The number of nitrogens with zero attached hydrogens (tertiary/aromatic N) is 1. The molecule has 3 rings (SSSR count). The molecule has 0 bridgehead atoms. The summed E-state index contributed by atoms with van der Waals surface area (Å²) < 4.78 is 16.0. The zero-order chi connectivity index (χ0) is 14.9. The van der Waals surface area contributed by atoms with Gasteiger partial charge in [-0.15, -0.1) is 0 Å². The molecule has 0 N–H and O–H groups in total. The molecule has 0 saturated carbocycles. The molecule has 0 spiro atoms. The molecule has 21 heavy (non-hydrogen) atoms. The summed E-state index contributed by atoms with van der Waals surface area (Å²) >= 11 is 0. The van der Waals surface area contributed by atoms with E-state index in [2.05, 4.69) is 6.92 Å². The van der Waals surface area contributed by atoms with Gasteiger partial charge in [0.05, 0.1) is 0 Å². The highest BCUT2D eigenvalue weighted by Gasteiger charge is 2.30. The van der Waals surface area contributed by atoms with Crippen LogP contribution in [0.5, 0.6) is 11.5 Å². The highest BCUT2D eigenvalue weighted by Crippen LogP contribution is 2.34. The maximum absolute atomic E-state index is 12.6. The number of ether oxygens (including phenoxy) is 3. The molecule has 2 aliphatic heterocycles. The fraction of sp³-hybridized carbons (Fsp3) is 0.562. The lowest BCUT2D eigenvalue weighted by Gasteiger charge is -2.36. The summed E-state index contributed by atoms with van der Waals surface area (Å²) in [6.07, 6.45) is 1.98. The fourth-order valence-electron chi connectivity index (χ4n) is 2.92. The van der Waals surface area contributed by atoms with Crippen molar-refractivity contribution >= 4 is 5.91 Å². The first-order valence-corrected chi connectivity index (χ1v) is 7.30. The van der Waals surface area contributed by atoms with Gasteiger partial charge in [0.1, 0.15) is 0 Å². The normalized spacial score (nSPS) is 19.3.